The summed E-state index contributed by atoms with van der Waals surface area (Å²) in [6, 6.07) is 17.9. The van der Waals surface area contributed by atoms with Gasteiger partial charge in [0.25, 0.3) is 0 Å². The summed E-state index contributed by atoms with van der Waals surface area (Å²) in [5.74, 6) is 2.56. The van der Waals surface area contributed by atoms with Gasteiger partial charge in [0.15, 0.2) is 5.78 Å². The Morgan fingerprint density at radius 2 is 1.77 bits per heavy atom. The first kappa shape index (κ1) is 15.2. The molecule has 0 atom stereocenters. The molecule has 2 nitrogen and oxygen atoms in total. The van der Waals surface area contributed by atoms with Gasteiger partial charge >= 0.3 is 0 Å². The summed E-state index contributed by atoms with van der Waals surface area (Å²) in [5.41, 5.74) is 0.860. The van der Waals surface area contributed by atoms with Gasteiger partial charge in [0.05, 0.1) is 6.61 Å². The highest BCUT2D eigenvalue weighted by molar-refractivity contribution is 7.99. The number of hydrogen-bond acceptors (Lipinski definition) is 3. The summed E-state index contributed by atoms with van der Waals surface area (Å²) in [7, 11) is 0. The molecule has 22 heavy (non-hydrogen) atoms. The summed E-state index contributed by atoms with van der Waals surface area (Å²) in [4.78, 5) is 13.1. The predicted molar refractivity (Wildman–Crippen MR) is 90.8 cm³/mol. The van der Waals surface area contributed by atoms with Crippen molar-refractivity contribution in [3.8, 4) is 5.75 Å². The minimum Gasteiger partial charge on any atom is -0.494 e. The van der Waals surface area contributed by atoms with Gasteiger partial charge in [-0.05, 0) is 43.5 Å². The van der Waals surface area contributed by atoms with E-state index in [1.807, 2.05) is 54.2 Å². The van der Waals surface area contributed by atoms with Crippen LogP contribution in [0.5, 0.6) is 5.75 Å². The van der Waals surface area contributed by atoms with E-state index in [2.05, 4.69) is 12.1 Å². The number of ether oxygens (including phenoxy) is 1. The van der Waals surface area contributed by atoms with E-state index in [1.54, 1.807) is 0 Å². The third-order valence-electron chi connectivity index (χ3n) is 3.66. The van der Waals surface area contributed by atoms with Gasteiger partial charge in [-0.25, -0.2) is 0 Å². The Balaban J connectivity index is 1.37. The van der Waals surface area contributed by atoms with Crippen LogP contribution >= 0.6 is 11.8 Å². The van der Waals surface area contributed by atoms with Gasteiger partial charge in [-0.1, -0.05) is 30.3 Å². The average molecular weight is 312 g/mol. The molecular formula is C19H20O2S. The Morgan fingerprint density at radius 3 is 2.45 bits per heavy atom. The van der Waals surface area contributed by atoms with E-state index in [9.17, 15) is 4.79 Å². The van der Waals surface area contributed by atoms with Gasteiger partial charge in [0.2, 0.25) is 0 Å². The third-order valence-corrected chi connectivity index (χ3v) is 4.75. The molecule has 0 amide bonds. The first-order valence-corrected chi connectivity index (χ1v) is 8.76. The molecule has 0 aliphatic heterocycles. The largest absolute Gasteiger partial charge is 0.494 e. The molecule has 2 aromatic rings. The standard InChI is InChI=1S/C19H20O2S/c20-19(15-7-8-15)16-9-11-18(12-10-16)22-14-4-13-21-17-5-2-1-3-6-17/h1-3,5-6,9-12,15H,4,7-8,13-14H2. The quantitative estimate of drug-likeness (QED) is 0.396. The average Bonchev–Trinajstić information content (AvgIpc) is 3.40. The van der Waals surface area contributed by atoms with E-state index in [4.69, 9.17) is 4.74 Å². The van der Waals surface area contributed by atoms with Crippen LogP contribution in [0.25, 0.3) is 0 Å². The van der Waals surface area contributed by atoms with Gasteiger partial charge in [0.1, 0.15) is 5.75 Å². The number of rotatable bonds is 8. The lowest BCUT2D eigenvalue weighted by molar-refractivity contribution is 0.0967. The van der Waals surface area contributed by atoms with Crippen LogP contribution in [0.1, 0.15) is 29.6 Å². The Hall–Kier alpha value is -1.74. The number of para-hydroxylation sites is 1. The van der Waals surface area contributed by atoms with Crippen molar-refractivity contribution in [2.45, 2.75) is 24.2 Å². The number of ketones is 1. The highest BCUT2D eigenvalue weighted by atomic mass is 32.2. The molecule has 1 fully saturated rings. The molecular weight excluding hydrogens is 292 g/mol. The van der Waals surface area contributed by atoms with Gasteiger partial charge < -0.3 is 4.74 Å². The Morgan fingerprint density at radius 1 is 1.05 bits per heavy atom. The molecule has 0 N–H and O–H groups in total. The molecule has 0 radical (unpaired) electrons. The number of hydrogen-bond donors (Lipinski definition) is 0. The Bertz CT molecular complexity index is 603. The third kappa shape index (κ3) is 4.38. The molecule has 1 aliphatic carbocycles. The van der Waals surface area contributed by atoms with Crippen molar-refractivity contribution in [3.05, 3.63) is 60.2 Å². The van der Waals surface area contributed by atoms with Crippen LogP contribution < -0.4 is 4.74 Å². The number of thioether (sulfide) groups is 1. The van der Waals surface area contributed by atoms with Gasteiger partial charge in [-0.2, -0.15) is 0 Å². The fourth-order valence-electron chi connectivity index (χ4n) is 2.25. The minimum atomic E-state index is 0.300. The summed E-state index contributed by atoms with van der Waals surface area (Å²) >= 11 is 1.81. The molecule has 1 aliphatic rings. The van der Waals surface area contributed by atoms with Gasteiger partial charge in [-0.3, -0.25) is 4.79 Å². The summed E-state index contributed by atoms with van der Waals surface area (Å²) in [5, 5.41) is 0. The second-order valence-corrected chi connectivity index (χ2v) is 6.69. The maximum atomic E-state index is 11.9. The van der Waals surface area contributed by atoms with Crippen LogP contribution in [0.3, 0.4) is 0 Å². The van der Waals surface area contributed by atoms with E-state index in [0.29, 0.717) is 11.7 Å². The maximum Gasteiger partial charge on any atom is 0.165 e. The van der Waals surface area contributed by atoms with Crippen LogP contribution in [0.15, 0.2) is 59.5 Å². The van der Waals surface area contributed by atoms with Crippen molar-refractivity contribution in [2.75, 3.05) is 12.4 Å². The topological polar surface area (TPSA) is 26.3 Å². The predicted octanol–water partition coefficient (Wildman–Crippen LogP) is 4.84. The van der Waals surface area contributed by atoms with Crippen LogP contribution in [0, 0.1) is 5.92 Å². The summed E-state index contributed by atoms with van der Waals surface area (Å²) in [6.45, 7) is 0.731. The molecule has 1 saturated carbocycles. The molecule has 0 saturated heterocycles. The smallest absolute Gasteiger partial charge is 0.165 e. The van der Waals surface area contributed by atoms with E-state index in [-0.39, 0.29) is 0 Å². The molecule has 0 unspecified atom stereocenters. The zero-order valence-electron chi connectivity index (χ0n) is 12.5. The Kier molecular flexibility index (Phi) is 5.17. The van der Waals surface area contributed by atoms with E-state index in [1.165, 1.54) is 4.90 Å². The lowest BCUT2D eigenvalue weighted by atomic mass is 10.1. The van der Waals surface area contributed by atoms with Crippen molar-refractivity contribution >= 4 is 17.5 Å². The fourth-order valence-corrected chi connectivity index (χ4v) is 3.08. The van der Waals surface area contributed by atoms with Crippen LogP contribution in [-0.4, -0.2) is 18.1 Å². The molecule has 3 rings (SSSR count). The molecule has 2 aromatic carbocycles. The second-order valence-electron chi connectivity index (χ2n) is 5.53. The second kappa shape index (κ2) is 7.50. The highest BCUT2D eigenvalue weighted by Crippen LogP contribution is 2.33. The van der Waals surface area contributed by atoms with E-state index >= 15 is 0 Å². The molecule has 0 bridgehead atoms. The summed E-state index contributed by atoms with van der Waals surface area (Å²) in [6.07, 6.45) is 3.13. The zero-order chi connectivity index (χ0) is 15.2. The van der Waals surface area contributed by atoms with Crippen LogP contribution in [-0.2, 0) is 0 Å². The molecule has 0 heterocycles. The van der Waals surface area contributed by atoms with Crippen LogP contribution in [0.4, 0.5) is 0 Å². The normalized spacial score (nSPS) is 13.8. The maximum absolute atomic E-state index is 11.9. The van der Waals surface area contributed by atoms with E-state index in [0.717, 1.165) is 42.9 Å². The number of carbonyl (C=O) groups excluding carboxylic acids is 1. The number of carbonyl (C=O) groups is 1. The first-order valence-electron chi connectivity index (χ1n) is 7.78. The molecule has 114 valence electrons. The van der Waals surface area contributed by atoms with Crippen molar-refractivity contribution in [2.24, 2.45) is 5.92 Å². The first-order chi connectivity index (χ1) is 10.8. The van der Waals surface area contributed by atoms with Gasteiger partial charge in [-0.15, -0.1) is 11.8 Å². The monoisotopic (exact) mass is 312 g/mol. The fraction of sp³-hybridized carbons (Fsp3) is 0.316. The number of Topliss-reactive ketones (excluding diaryl/α,β-unsaturated/α-hetero) is 1. The highest BCUT2D eigenvalue weighted by Gasteiger charge is 2.30. The Labute approximate surface area is 135 Å². The zero-order valence-corrected chi connectivity index (χ0v) is 13.4. The lowest BCUT2D eigenvalue weighted by Crippen LogP contribution is -2.00. The number of benzene rings is 2. The molecule has 0 aromatic heterocycles. The lowest BCUT2D eigenvalue weighted by Gasteiger charge is -2.06. The van der Waals surface area contributed by atoms with Crippen molar-refractivity contribution < 1.29 is 9.53 Å². The van der Waals surface area contributed by atoms with Gasteiger partial charge in [0, 0.05) is 22.1 Å². The summed E-state index contributed by atoms with van der Waals surface area (Å²) < 4.78 is 5.67. The van der Waals surface area contributed by atoms with Crippen molar-refractivity contribution in [3.63, 3.8) is 0 Å². The van der Waals surface area contributed by atoms with Crippen LogP contribution in [0.2, 0.25) is 0 Å². The molecule has 3 heteroatoms. The van der Waals surface area contributed by atoms with Crippen molar-refractivity contribution in [1.82, 2.24) is 0 Å². The van der Waals surface area contributed by atoms with Crippen molar-refractivity contribution in [1.29, 1.82) is 0 Å². The SMILES string of the molecule is O=C(c1ccc(SCCCOc2ccccc2)cc1)C1CC1. The molecule has 0 spiro atoms. The minimum absolute atomic E-state index is 0.300. The van der Waals surface area contributed by atoms with E-state index < -0.39 is 0 Å².